The number of phosphoric ester groups is 1. The fraction of sp³-hybridized carbons (Fsp3) is 1.00. The van der Waals surface area contributed by atoms with Crippen LogP contribution in [-0.2, 0) is 18.1 Å². The molecule has 0 aliphatic heterocycles. The molecule has 94 valence electrons. The molecule has 0 radical (unpaired) electrons. The number of rotatable bonds is 5. The molecule has 0 aromatic rings. The van der Waals surface area contributed by atoms with Gasteiger partial charge < -0.3 is 0 Å². The van der Waals surface area contributed by atoms with Gasteiger partial charge in [0.25, 0.3) is 0 Å². The van der Waals surface area contributed by atoms with E-state index in [0.717, 1.165) is 51.4 Å². The Morgan fingerprint density at radius 1 is 0.875 bits per heavy atom. The second-order valence-electron chi connectivity index (χ2n) is 4.65. The minimum Gasteiger partial charge on any atom is -0.290 e. The molecule has 2 saturated carbocycles. The number of hydrogen-bond donors (Lipinski definition) is 0. The van der Waals surface area contributed by atoms with Crippen molar-refractivity contribution in [3.05, 3.63) is 0 Å². The van der Waals surface area contributed by atoms with Crippen LogP contribution in [0, 0.1) is 0 Å². The zero-order valence-electron chi connectivity index (χ0n) is 9.89. The van der Waals surface area contributed by atoms with Crippen molar-refractivity contribution in [1.82, 2.24) is 0 Å². The third-order valence-corrected chi connectivity index (χ3v) is 4.94. The highest BCUT2D eigenvalue weighted by molar-refractivity contribution is 7.48. The zero-order valence-corrected chi connectivity index (χ0v) is 10.8. The van der Waals surface area contributed by atoms with Crippen LogP contribution in [0.4, 0.5) is 0 Å². The van der Waals surface area contributed by atoms with E-state index in [2.05, 4.69) is 0 Å². The lowest BCUT2D eigenvalue weighted by molar-refractivity contribution is 0.0667. The Hall–Kier alpha value is 0.110. The van der Waals surface area contributed by atoms with E-state index in [1.165, 1.54) is 7.11 Å². The predicted octanol–water partition coefficient (Wildman–Crippen LogP) is 3.66. The molecule has 0 amide bonds. The molecule has 0 spiro atoms. The van der Waals surface area contributed by atoms with Crippen LogP contribution in [-0.4, -0.2) is 19.3 Å². The summed E-state index contributed by atoms with van der Waals surface area (Å²) >= 11 is 0. The Kier molecular flexibility index (Phi) is 4.42. The summed E-state index contributed by atoms with van der Waals surface area (Å²) in [5.74, 6) is 0. The van der Waals surface area contributed by atoms with E-state index >= 15 is 0 Å². The Morgan fingerprint density at radius 2 is 1.25 bits per heavy atom. The first-order valence-electron chi connectivity index (χ1n) is 6.24. The third kappa shape index (κ3) is 3.30. The van der Waals surface area contributed by atoms with E-state index in [0.29, 0.717) is 0 Å². The molecule has 0 atom stereocenters. The van der Waals surface area contributed by atoms with Crippen LogP contribution < -0.4 is 0 Å². The first-order valence-corrected chi connectivity index (χ1v) is 7.70. The van der Waals surface area contributed by atoms with Crippen LogP contribution in [0.2, 0.25) is 0 Å². The second-order valence-corrected chi connectivity index (χ2v) is 6.33. The molecule has 0 aromatic heterocycles. The lowest BCUT2D eigenvalue weighted by Crippen LogP contribution is -2.13. The second kappa shape index (κ2) is 5.63. The van der Waals surface area contributed by atoms with Crippen molar-refractivity contribution in [1.29, 1.82) is 0 Å². The van der Waals surface area contributed by atoms with E-state index in [1.807, 2.05) is 0 Å². The molecule has 0 N–H and O–H groups in total. The van der Waals surface area contributed by atoms with Crippen molar-refractivity contribution in [2.75, 3.05) is 7.11 Å². The van der Waals surface area contributed by atoms with Gasteiger partial charge >= 0.3 is 7.82 Å². The van der Waals surface area contributed by atoms with Gasteiger partial charge in [-0.3, -0.25) is 13.6 Å². The molecular formula is C11H21O4P. The van der Waals surface area contributed by atoms with Crippen molar-refractivity contribution in [2.24, 2.45) is 0 Å². The minimum absolute atomic E-state index is 0.0622. The summed E-state index contributed by atoms with van der Waals surface area (Å²) in [5, 5.41) is 0. The van der Waals surface area contributed by atoms with Crippen LogP contribution in [0.25, 0.3) is 0 Å². The average Bonchev–Trinajstić information content (AvgIpc) is 2.91. The van der Waals surface area contributed by atoms with E-state index in [4.69, 9.17) is 13.6 Å². The van der Waals surface area contributed by atoms with Gasteiger partial charge in [-0.2, -0.15) is 0 Å². The van der Waals surface area contributed by atoms with Crippen LogP contribution in [0.1, 0.15) is 51.4 Å². The third-order valence-electron chi connectivity index (χ3n) is 3.38. The summed E-state index contributed by atoms with van der Waals surface area (Å²) in [5.41, 5.74) is 0. The quantitative estimate of drug-likeness (QED) is 0.696. The number of phosphoric acid groups is 1. The van der Waals surface area contributed by atoms with Crippen LogP contribution in [0.3, 0.4) is 0 Å². The summed E-state index contributed by atoms with van der Waals surface area (Å²) in [6, 6.07) is 0. The van der Waals surface area contributed by atoms with Crippen molar-refractivity contribution in [3.63, 3.8) is 0 Å². The first kappa shape index (κ1) is 12.6. The molecule has 2 fully saturated rings. The lowest BCUT2D eigenvalue weighted by Gasteiger charge is -2.22. The summed E-state index contributed by atoms with van der Waals surface area (Å²) in [6.07, 6.45) is 8.62. The monoisotopic (exact) mass is 248 g/mol. The summed E-state index contributed by atoms with van der Waals surface area (Å²) in [6.45, 7) is 0. The van der Waals surface area contributed by atoms with Crippen LogP contribution in [0.5, 0.6) is 0 Å². The molecule has 0 saturated heterocycles. The molecule has 4 nitrogen and oxygen atoms in total. The molecule has 5 heteroatoms. The molecule has 0 bridgehead atoms. The van der Waals surface area contributed by atoms with Gasteiger partial charge in [-0.05, 0) is 25.7 Å². The Labute approximate surface area is 97.3 Å². The largest absolute Gasteiger partial charge is 0.475 e. The SMILES string of the molecule is COP(=O)(OC1CCCC1)OC1CCCC1. The maximum absolute atomic E-state index is 12.2. The summed E-state index contributed by atoms with van der Waals surface area (Å²) in [7, 11) is -1.89. The Balaban J connectivity index is 1.86. The number of hydrogen-bond acceptors (Lipinski definition) is 4. The van der Waals surface area contributed by atoms with Crippen molar-refractivity contribution in [2.45, 2.75) is 63.6 Å². The normalized spacial score (nSPS) is 24.3. The van der Waals surface area contributed by atoms with Crippen molar-refractivity contribution < 1.29 is 18.1 Å². The van der Waals surface area contributed by atoms with Gasteiger partial charge in [0, 0.05) is 7.11 Å². The minimum atomic E-state index is -3.30. The molecule has 0 unspecified atom stereocenters. The van der Waals surface area contributed by atoms with Gasteiger partial charge in [-0.1, -0.05) is 25.7 Å². The molecule has 2 aliphatic carbocycles. The molecule has 2 rings (SSSR count). The first-order chi connectivity index (χ1) is 7.72. The highest BCUT2D eigenvalue weighted by Crippen LogP contribution is 2.54. The van der Waals surface area contributed by atoms with E-state index in [9.17, 15) is 4.57 Å². The van der Waals surface area contributed by atoms with E-state index in [-0.39, 0.29) is 12.2 Å². The van der Waals surface area contributed by atoms with Gasteiger partial charge in [0.1, 0.15) is 0 Å². The fourth-order valence-corrected chi connectivity index (χ4v) is 3.84. The molecule has 2 aliphatic rings. The van der Waals surface area contributed by atoms with Crippen LogP contribution >= 0.6 is 7.82 Å². The standard InChI is InChI=1S/C11H21O4P/c1-13-16(12,14-10-6-2-3-7-10)15-11-8-4-5-9-11/h10-11H,2-9H2,1H3. The smallest absolute Gasteiger partial charge is 0.290 e. The predicted molar refractivity (Wildman–Crippen MR) is 61.3 cm³/mol. The Bertz CT molecular complexity index is 235. The summed E-state index contributed by atoms with van der Waals surface area (Å²) < 4.78 is 28.2. The molecule has 0 aromatic carbocycles. The van der Waals surface area contributed by atoms with Crippen LogP contribution in [0.15, 0.2) is 0 Å². The van der Waals surface area contributed by atoms with E-state index < -0.39 is 7.82 Å². The lowest BCUT2D eigenvalue weighted by atomic mass is 10.3. The van der Waals surface area contributed by atoms with E-state index in [1.54, 1.807) is 0 Å². The van der Waals surface area contributed by atoms with Crippen molar-refractivity contribution in [3.8, 4) is 0 Å². The van der Waals surface area contributed by atoms with Gasteiger partial charge in [0.15, 0.2) is 0 Å². The summed E-state index contributed by atoms with van der Waals surface area (Å²) in [4.78, 5) is 0. The highest BCUT2D eigenvalue weighted by Gasteiger charge is 2.34. The molecule has 0 heterocycles. The Morgan fingerprint density at radius 3 is 1.56 bits per heavy atom. The van der Waals surface area contributed by atoms with Crippen molar-refractivity contribution >= 4 is 7.82 Å². The topological polar surface area (TPSA) is 44.8 Å². The van der Waals surface area contributed by atoms with Gasteiger partial charge in [0.2, 0.25) is 0 Å². The maximum Gasteiger partial charge on any atom is 0.475 e. The fourth-order valence-electron chi connectivity index (χ4n) is 2.46. The highest BCUT2D eigenvalue weighted by atomic mass is 31.2. The molecule has 16 heavy (non-hydrogen) atoms. The maximum atomic E-state index is 12.2. The van der Waals surface area contributed by atoms with Gasteiger partial charge in [-0.15, -0.1) is 0 Å². The zero-order chi connectivity index (χ0) is 11.4. The molecular weight excluding hydrogens is 227 g/mol. The average molecular weight is 248 g/mol. The van der Waals surface area contributed by atoms with Gasteiger partial charge in [-0.25, -0.2) is 4.57 Å². The van der Waals surface area contributed by atoms with Gasteiger partial charge in [0.05, 0.1) is 12.2 Å².